The number of hydrogen-bond donors (Lipinski definition) is 1. The van der Waals surface area contributed by atoms with Gasteiger partial charge in [0.1, 0.15) is 18.5 Å². The normalized spacial score (nSPS) is 16.0. The van der Waals surface area contributed by atoms with E-state index in [9.17, 15) is 0 Å². The Hall–Kier alpha value is -2.73. The Bertz CT molecular complexity index is 957. The van der Waals surface area contributed by atoms with Gasteiger partial charge in [-0.1, -0.05) is 12.1 Å². The van der Waals surface area contributed by atoms with Crippen LogP contribution in [0.1, 0.15) is 36.8 Å². The molecule has 0 unspecified atom stereocenters. The van der Waals surface area contributed by atoms with Crippen molar-refractivity contribution in [3.63, 3.8) is 0 Å². The summed E-state index contributed by atoms with van der Waals surface area (Å²) in [5, 5.41) is 8.00. The highest BCUT2D eigenvalue weighted by molar-refractivity contribution is 5.41. The van der Waals surface area contributed by atoms with E-state index in [0.29, 0.717) is 12.6 Å². The van der Waals surface area contributed by atoms with Gasteiger partial charge in [-0.25, -0.2) is 4.68 Å². The Morgan fingerprint density at radius 3 is 2.75 bits per heavy atom. The average molecular weight is 380 g/mol. The van der Waals surface area contributed by atoms with Crippen LogP contribution in [-0.2, 0) is 6.54 Å². The molecule has 0 fully saturated rings. The fourth-order valence-corrected chi connectivity index (χ4v) is 3.77. The first-order valence-corrected chi connectivity index (χ1v) is 9.85. The summed E-state index contributed by atoms with van der Waals surface area (Å²) in [6.07, 6.45) is 1.88. The highest BCUT2D eigenvalue weighted by Crippen LogP contribution is 2.30. The van der Waals surface area contributed by atoms with Gasteiger partial charge in [0, 0.05) is 36.6 Å². The van der Waals surface area contributed by atoms with E-state index in [4.69, 9.17) is 9.47 Å². The summed E-state index contributed by atoms with van der Waals surface area (Å²) >= 11 is 0. The lowest BCUT2D eigenvalue weighted by Gasteiger charge is -2.26. The molecule has 3 heterocycles. The molecule has 0 saturated carbocycles. The molecule has 1 aliphatic heterocycles. The minimum absolute atomic E-state index is 0.0146. The van der Waals surface area contributed by atoms with Crippen LogP contribution < -0.4 is 14.8 Å². The molecule has 28 heavy (non-hydrogen) atoms. The predicted octanol–water partition coefficient (Wildman–Crippen LogP) is 3.80. The minimum Gasteiger partial charge on any atom is -0.486 e. The highest BCUT2D eigenvalue weighted by Gasteiger charge is 2.21. The minimum atomic E-state index is 0.0146. The second-order valence-corrected chi connectivity index (χ2v) is 7.59. The van der Waals surface area contributed by atoms with Crippen LogP contribution in [-0.4, -0.2) is 33.6 Å². The first-order chi connectivity index (χ1) is 13.5. The standard InChI is InChI=1S/C22H28N4O2/c1-15(2)26-22(9-10-24-26)25-16(3)11-18(17(25)4)12-23-13-19-14-27-20-7-5-6-8-21(20)28-19/h5-11,15,19,23H,12-14H2,1-4H3/t19-/m0/s1. The monoisotopic (exact) mass is 380 g/mol. The topological polar surface area (TPSA) is 53.2 Å². The van der Waals surface area contributed by atoms with Crippen LogP contribution in [0.4, 0.5) is 0 Å². The number of benzene rings is 1. The fraction of sp³-hybridized carbons (Fsp3) is 0.409. The lowest BCUT2D eigenvalue weighted by atomic mass is 10.2. The van der Waals surface area contributed by atoms with Crippen molar-refractivity contribution in [3.8, 4) is 17.3 Å². The van der Waals surface area contributed by atoms with Gasteiger partial charge in [-0.05, 0) is 51.5 Å². The lowest BCUT2D eigenvalue weighted by molar-refractivity contribution is 0.0902. The van der Waals surface area contributed by atoms with Gasteiger partial charge < -0.3 is 19.4 Å². The molecule has 0 aliphatic carbocycles. The highest BCUT2D eigenvalue weighted by atomic mass is 16.6. The van der Waals surface area contributed by atoms with E-state index in [1.165, 1.54) is 17.0 Å². The van der Waals surface area contributed by atoms with Gasteiger partial charge in [0.2, 0.25) is 0 Å². The number of para-hydroxylation sites is 2. The number of rotatable bonds is 6. The molecule has 6 heteroatoms. The van der Waals surface area contributed by atoms with Gasteiger partial charge >= 0.3 is 0 Å². The first-order valence-electron chi connectivity index (χ1n) is 9.85. The van der Waals surface area contributed by atoms with E-state index < -0.39 is 0 Å². The van der Waals surface area contributed by atoms with Gasteiger partial charge in [-0.3, -0.25) is 0 Å². The molecule has 1 aromatic carbocycles. The molecular formula is C22H28N4O2. The lowest BCUT2D eigenvalue weighted by Crippen LogP contribution is -2.38. The Balaban J connectivity index is 1.42. The van der Waals surface area contributed by atoms with Crippen molar-refractivity contribution in [1.82, 2.24) is 19.7 Å². The second-order valence-electron chi connectivity index (χ2n) is 7.59. The smallest absolute Gasteiger partial charge is 0.161 e. The Morgan fingerprint density at radius 2 is 1.96 bits per heavy atom. The third-order valence-electron chi connectivity index (χ3n) is 5.16. The van der Waals surface area contributed by atoms with Crippen LogP contribution in [0.5, 0.6) is 11.5 Å². The number of hydrogen-bond acceptors (Lipinski definition) is 4. The van der Waals surface area contributed by atoms with E-state index >= 15 is 0 Å². The van der Waals surface area contributed by atoms with Crippen molar-refractivity contribution < 1.29 is 9.47 Å². The maximum absolute atomic E-state index is 6.03. The van der Waals surface area contributed by atoms with Crippen LogP contribution in [0, 0.1) is 13.8 Å². The molecular weight excluding hydrogens is 352 g/mol. The molecule has 1 aliphatic rings. The summed E-state index contributed by atoms with van der Waals surface area (Å²) in [4.78, 5) is 0. The van der Waals surface area contributed by atoms with Crippen molar-refractivity contribution in [3.05, 3.63) is 59.5 Å². The number of fused-ring (bicyclic) bond motifs is 1. The third-order valence-corrected chi connectivity index (χ3v) is 5.16. The molecule has 1 atom stereocenters. The third kappa shape index (κ3) is 3.52. The first kappa shape index (κ1) is 18.6. The molecule has 0 radical (unpaired) electrons. The zero-order valence-electron chi connectivity index (χ0n) is 17.0. The van der Waals surface area contributed by atoms with Crippen LogP contribution >= 0.6 is 0 Å². The van der Waals surface area contributed by atoms with Gasteiger partial charge in [0.15, 0.2) is 11.5 Å². The van der Waals surface area contributed by atoms with Gasteiger partial charge in [-0.15, -0.1) is 0 Å². The summed E-state index contributed by atoms with van der Waals surface area (Å²) in [7, 11) is 0. The molecule has 2 aromatic heterocycles. The molecule has 0 saturated heterocycles. The van der Waals surface area contributed by atoms with Crippen molar-refractivity contribution in [1.29, 1.82) is 0 Å². The van der Waals surface area contributed by atoms with E-state index in [1.807, 2.05) is 30.5 Å². The predicted molar refractivity (Wildman–Crippen MR) is 109 cm³/mol. The summed E-state index contributed by atoms with van der Waals surface area (Å²) in [5.41, 5.74) is 3.73. The zero-order valence-corrected chi connectivity index (χ0v) is 17.0. The van der Waals surface area contributed by atoms with Crippen LogP contribution in [0.25, 0.3) is 5.82 Å². The molecule has 0 spiro atoms. The number of aromatic nitrogens is 3. The summed E-state index contributed by atoms with van der Waals surface area (Å²) in [6.45, 7) is 10.7. The molecule has 6 nitrogen and oxygen atoms in total. The Morgan fingerprint density at radius 1 is 1.18 bits per heavy atom. The molecule has 0 amide bonds. The zero-order chi connectivity index (χ0) is 19.7. The van der Waals surface area contributed by atoms with E-state index in [2.05, 4.69) is 59.5 Å². The molecule has 3 aromatic rings. The van der Waals surface area contributed by atoms with E-state index in [-0.39, 0.29) is 6.10 Å². The fourth-order valence-electron chi connectivity index (χ4n) is 3.77. The van der Waals surface area contributed by atoms with Crippen LogP contribution in [0.2, 0.25) is 0 Å². The number of nitrogens with zero attached hydrogens (tertiary/aromatic N) is 3. The molecule has 0 bridgehead atoms. The van der Waals surface area contributed by atoms with E-state index in [1.54, 1.807) is 0 Å². The Labute approximate surface area is 166 Å². The van der Waals surface area contributed by atoms with Gasteiger partial charge in [0.25, 0.3) is 0 Å². The second kappa shape index (κ2) is 7.72. The van der Waals surface area contributed by atoms with Crippen LogP contribution in [0.15, 0.2) is 42.6 Å². The van der Waals surface area contributed by atoms with Crippen molar-refractivity contribution in [2.45, 2.75) is 46.4 Å². The summed E-state index contributed by atoms with van der Waals surface area (Å²) in [6, 6.07) is 12.5. The molecule has 1 N–H and O–H groups in total. The summed E-state index contributed by atoms with van der Waals surface area (Å²) in [5.74, 6) is 2.75. The largest absolute Gasteiger partial charge is 0.486 e. The molecule has 4 rings (SSSR count). The quantitative estimate of drug-likeness (QED) is 0.707. The summed E-state index contributed by atoms with van der Waals surface area (Å²) < 4.78 is 16.2. The average Bonchev–Trinajstić information content (AvgIpc) is 3.26. The number of ether oxygens (including phenoxy) is 2. The van der Waals surface area contributed by atoms with Crippen molar-refractivity contribution in [2.24, 2.45) is 0 Å². The number of nitrogens with one attached hydrogen (secondary N) is 1. The Kier molecular flexibility index (Phi) is 5.13. The number of aryl methyl sites for hydroxylation is 1. The van der Waals surface area contributed by atoms with Crippen LogP contribution in [0.3, 0.4) is 0 Å². The van der Waals surface area contributed by atoms with Gasteiger partial charge in [0.05, 0.1) is 6.20 Å². The maximum atomic E-state index is 6.03. The van der Waals surface area contributed by atoms with Crippen molar-refractivity contribution >= 4 is 0 Å². The van der Waals surface area contributed by atoms with E-state index in [0.717, 1.165) is 30.4 Å². The SMILES string of the molecule is Cc1cc(CNC[C@H]2COc3ccccc3O2)c(C)n1-c1ccnn1C(C)C. The maximum Gasteiger partial charge on any atom is 0.161 e. The molecule has 148 valence electrons. The van der Waals surface area contributed by atoms with Crippen molar-refractivity contribution in [2.75, 3.05) is 13.2 Å². The van der Waals surface area contributed by atoms with Gasteiger partial charge in [-0.2, -0.15) is 5.10 Å².